The van der Waals surface area contributed by atoms with Crippen molar-refractivity contribution in [1.29, 1.82) is 0 Å². The molecule has 0 bridgehead atoms. The third kappa shape index (κ3) is 10.6. The predicted molar refractivity (Wildman–Crippen MR) is 88.6 cm³/mol. The number of hydrogen-bond acceptors (Lipinski definition) is 2. The molecule has 0 aromatic heterocycles. The average molecular weight is 384 g/mol. The van der Waals surface area contributed by atoms with E-state index in [0.717, 1.165) is 4.32 Å². The first-order chi connectivity index (χ1) is 8.26. The van der Waals surface area contributed by atoms with Crippen LogP contribution in [0, 0.1) is 0 Å². The Labute approximate surface area is 129 Å². The molecule has 0 heterocycles. The Kier molecular flexibility index (Phi) is 14.3. The molecule has 0 spiro atoms. The summed E-state index contributed by atoms with van der Waals surface area (Å²) in [4.78, 5) is 2.44. The Balaban J connectivity index is 3.76. The van der Waals surface area contributed by atoms with Gasteiger partial charge in [-0.1, -0.05) is 0 Å². The van der Waals surface area contributed by atoms with E-state index in [0.29, 0.717) is 0 Å². The van der Waals surface area contributed by atoms with Gasteiger partial charge in [-0.05, 0) is 0 Å². The van der Waals surface area contributed by atoms with Gasteiger partial charge in [0.25, 0.3) is 0 Å². The van der Waals surface area contributed by atoms with Crippen molar-refractivity contribution in [3.63, 3.8) is 0 Å². The van der Waals surface area contributed by atoms with E-state index in [1.165, 1.54) is 86.1 Å². The molecule has 0 amide bonds. The van der Waals surface area contributed by atoms with Gasteiger partial charge in [-0.15, -0.1) is 0 Å². The molecule has 0 N–H and O–H groups in total. The van der Waals surface area contributed by atoms with Gasteiger partial charge in [0.2, 0.25) is 0 Å². The van der Waals surface area contributed by atoms with E-state index in [9.17, 15) is 0 Å². The fourth-order valence-corrected chi connectivity index (χ4v) is 3.62. The molecule has 0 radical (unpaired) electrons. The molecule has 0 saturated heterocycles. The van der Waals surface area contributed by atoms with Crippen molar-refractivity contribution < 1.29 is 0 Å². The minimum absolute atomic E-state index is 1.14. The molecule has 0 aliphatic rings. The van der Waals surface area contributed by atoms with E-state index in [-0.39, 0.29) is 0 Å². The van der Waals surface area contributed by atoms with E-state index in [1.807, 2.05) is 8.85 Å². The summed E-state index contributed by atoms with van der Waals surface area (Å²) in [5.74, 6) is 0. The molecule has 0 aliphatic heterocycles. The van der Waals surface area contributed by atoms with E-state index in [4.69, 9.17) is 12.2 Å². The van der Waals surface area contributed by atoms with Gasteiger partial charge in [-0.2, -0.15) is 0 Å². The van der Waals surface area contributed by atoms with Crippen LogP contribution in [0.2, 0.25) is 0 Å². The van der Waals surface area contributed by atoms with Crippen molar-refractivity contribution in [2.45, 2.75) is 65.2 Å². The minimum atomic E-state index is 1.14. The summed E-state index contributed by atoms with van der Waals surface area (Å²) in [6.45, 7) is 6.89. The van der Waals surface area contributed by atoms with E-state index in [1.54, 1.807) is 0 Å². The third-order valence-electron chi connectivity index (χ3n) is 2.92. The number of unbranched alkanes of at least 4 members (excludes halogenated alkanes) is 6. The summed E-state index contributed by atoms with van der Waals surface area (Å²) >= 11 is 6.64. The van der Waals surface area contributed by atoms with Crippen LogP contribution in [0.3, 0.4) is 0 Å². The summed E-state index contributed by atoms with van der Waals surface area (Å²) < 4.78 is 1.14. The zero-order chi connectivity index (χ0) is 12.9. The van der Waals surface area contributed by atoms with Crippen LogP contribution >= 0.6 is 21.1 Å². The SMILES string of the molecule is CCCCCCN(CCCCCC)C(=S)[S][SbH2]. The Morgan fingerprint density at radius 3 is 1.76 bits per heavy atom. The summed E-state index contributed by atoms with van der Waals surface area (Å²) in [7, 11) is 1.85. The van der Waals surface area contributed by atoms with Gasteiger partial charge in [-0.3, -0.25) is 0 Å². The number of hydrogen-bond donors (Lipinski definition) is 0. The number of rotatable bonds is 10. The molecule has 0 saturated carbocycles. The molecule has 0 aliphatic carbocycles. The molecule has 1 nitrogen and oxygen atoms in total. The molecule has 0 aromatic rings. The van der Waals surface area contributed by atoms with Crippen LogP contribution in [0.25, 0.3) is 0 Å². The van der Waals surface area contributed by atoms with Crippen molar-refractivity contribution in [3.8, 4) is 0 Å². The molecule has 0 unspecified atom stereocenters. The average Bonchev–Trinajstić information content (AvgIpc) is 2.36. The van der Waals surface area contributed by atoms with Crippen molar-refractivity contribution in [2.24, 2.45) is 0 Å². The topological polar surface area (TPSA) is 3.24 Å². The first-order valence-corrected chi connectivity index (χ1v) is 12.2. The van der Waals surface area contributed by atoms with Crippen molar-refractivity contribution in [2.75, 3.05) is 13.1 Å². The normalized spacial score (nSPS) is 10.5. The summed E-state index contributed by atoms with van der Waals surface area (Å²) in [6, 6.07) is 0. The molecule has 4 heteroatoms. The quantitative estimate of drug-likeness (QED) is 0.318. The summed E-state index contributed by atoms with van der Waals surface area (Å²) in [6.07, 6.45) is 10.7. The van der Waals surface area contributed by atoms with E-state index >= 15 is 0 Å². The van der Waals surface area contributed by atoms with Crippen molar-refractivity contribution in [1.82, 2.24) is 4.90 Å². The molecule has 0 rings (SSSR count). The van der Waals surface area contributed by atoms with Crippen LogP contribution in [-0.4, -0.2) is 43.9 Å². The third-order valence-corrected chi connectivity index (χ3v) is 7.30. The second-order valence-electron chi connectivity index (χ2n) is 4.49. The molecular weight excluding hydrogens is 356 g/mol. The zero-order valence-corrected chi connectivity index (χ0v) is 16.3. The van der Waals surface area contributed by atoms with E-state index < -0.39 is 0 Å². The fraction of sp³-hybridized carbons (Fsp3) is 0.923. The molecule has 102 valence electrons. The number of nitrogens with zero attached hydrogens (tertiary/aromatic N) is 1. The van der Waals surface area contributed by atoms with Crippen molar-refractivity contribution >= 4 is 47.0 Å². The van der Waals surface area contributed by atoms with Gasteiger partial charge in [0.1, 0.15) is 0 Å². The monoisotopic (exact) mass is 383 g/mol. The second kappa shape index (κ2) is 13.5. The predicted octanol–water partition coefficient (Wildman–Crippen LogP) is 4.02. The number of thiocarbonyl (C=S) groups is 1. The Morgan fingerprint density at radius 2 is 1.41 bits per heavy atom. The molecule has 0 fully saturated rings. The standard InChI is InChI=1S/C13H27NS2.Sb.2H/c1-3-5-7-9-11-14(13(15)16)12-10-8-6-4-2;;;/h3-12H2,1-2H3,(H,15,16);;;/q;+1;;/p-1. The first kappa shape index (κ1) is 18.1. The van der Waals surface area contributed by atoms with Crippen LogP contribution in [0.5, 0.6) is 0 Å². The van der Waals surface area contributed by atoms with Gasteiger partial charge in [0, 0.05) is 0 Å². The van der Waals surface area contributed by atoms with Crippen LogP contribution in [0.4, 0.5) is 0 Å². The molecule has 0 aromatic carbocycles. The first-order valence-electron chi connectivity index (χ1n) is 6.91. The maximum atomic E-state index is 5.45. The van der Waals surface area contributed by atoms with Crippen LogP contribution in [-0.2, 0) is 0 Å². The van der Waals surface area contributed by atoms with E-state index in [2.05, 4.69) is 18.7 Å². The van der Waals surface area contributed by atoms with Gasteiger partial charge >= 0.3 is 130 Å². The van der Waals surface area contributed by atoms with Crippen molar-refractivity contribution in [3.05, 3.63) is 0 Å². The second-order valence-corrected chi connectivity index (χ2v) is 7.78. The Bertz CT molecular complexity index is 176. The molecular formula is C13H28NS2Sb. The van der Waals surface area contributed by atoms with Gasteiger partial charge < -0.3 is 0 Å². The zero-order valence-electron chi connectivity index (χ0n) is 11.4. The summed E-state index contributed by atoms with van der Waals surface area (Å²) in [5, 5.41) is 0. The Hall–Kier alpha value is 1.06. The Morgan fingerprint density at radius 1 is 0.941 bits per heavy atom. The van der Waals surface area contributed by atoms with Gasteiger partial charge in [-0.25, -0.2) is 0 Å². The van der Waals surface area contributed by atoms with Crippen LogP contribution in [0.1, 0.15) is 65.2 Å². The van der Waals surface area contributed by atoms with Gasteiger partial charge in [0.15, 0.2) is 0 Å². The molecule has 0 atom stereocenters. The fourth-order valence-electron chi connectivity index (χ4n) is 1.83. The summed E-state index contributed by atoms with van der Waals surface area (Å²) in [5.41, 5.74) is 0. The van der Waals surface area contributed by atoms with Crippen LogP contribution < -0.4 is 0 Å². The van der Waals surface area contributed by atoms with Gasteiger partial charge in [0.05, 0.1) is 0 Å². The molecule has 17 heavy (non-hydrogen) atoms. The maximum absolute atomic E-state index is 5.45. The van der Waals surface area contributed by atoms with Crippen LogP contribution in [0.15, 0.2) is 0 Å².